The van der Waals surface area contributed by atoms with Crippen molar-refractivity contribution in [2.45, 2.75) is 30.0 Å². The number of hydrogen-bond acceptors (Lipinski definition) is 7. The zero-order valence-corrected chi connectivity index (χ0v) is 14.9. The molecule has 130 valence electrons. The van der Waals surface area contributed by atoms with Crippen LogP contribution in [0.5, 0.6) is 0 Å². The summed E-state index contributed by atoms with van der Waals surface area (Å²) in [6, 6.07) is 5.30. The number of anilines is 1. The predicted octanol–water partition coefficient (Wildman–Crippen LogP) is 1.82. The van der Waals surface area contributed by atoms with Gasteiger partial charge in [0.1, 0.15) is 0 Å². The first kappa shape index (κ1) is 16.5. The number of carboxylic acid groups (broad SMARTS) is 1. The number of thioether (sulfide) groups is 1. The molecule has 1 aromatic heterocycles. The molecule has 2 fully saturated rings. The SMILES string of the molecule is O=C([O-])CSc1nc2ccc(N3C(=O)[C@@H]4CCCC[C@H]4C3=O)cc2s1. The number of thiazole rings is 1. The molecule has 1 saturated carbocycles. The molecule has 0 bridgehead atoms. The van der Waals surface area contributed by atoms with Crippen LogP contribution in [0, 0.1) is 11.8 Å². The number of nitrogens with zero attached hydrogens (tertiary/aromatic N) is 2. The number of amides is 2. The number of imide groups is 1. The van der Waals surface area contributed by atoms with E-state index < -0.39 is 5.97 Å². The number of aliphatic carboxylic acids is 1. The molecule has 1 aliphatic carbocycles. The van der Waals surface area contributed by atoms with Crippen molar-refractivity contribution >= 4 is 56.8 Å². The quantitative estimate of drug-likeness (QED) is 0.598. The van der Waals surface area contributed by atoms with Crippen LogP contribution in [0.4, 0.5) is 5.69 Å². The van der Waals surface area contributed by atoms with Crippen molar-refractivity contribution in [1.82, 2.24) is 4.98 Å². The van der Waals surface area contributed by atoms with Gasteiger partial charge < -0.3 is 9.90 Å². The lowest BCUT2D eigenvalue weighted by Gasteiger charge is -2.19. The largest absolute Gasteiger partial charge is 0.549 e. The molecule has 2 atom stereocenters. The number of carboxylic acids is 1. The Hall–Kier alpha value is -1.93. The summed E-state index contributed by atoms with van der Waals surface area (Å²) < 4.78 is 1.46. The molecule has 2 amide bonds. The van der Waals surface area contributed by atoms with Gasteiger partial charge in [-0.2, -0.15) is 0 Å². The highest BCUT2D eigenvalue weighted by Crippen LogP contribution is 2.41. The molecule has 0 unspecified atom stereocenters. The molecule has 1 saturated heterocycles. The summed E-state index contributed by atoms with van der Waals surface area (Å²) in [6.07, 6.45) is 3.58. The summed E-state index contributed by atoms with van der Waals surface area (Å²) in [5.41, 5.74) is 1.31. The Morgan fingerprint density at radius 3 is 2.56 bits per heavy atom. The minimum Gasteiger partial charge on any atom is -0.549 e. The van der Waals surface area contributed by atoms with Gasteiger partial charge >= 0.3 is 0 Å². The first-order chi connectivity index (χ1) is 12.0. The van der Waals surface area contributed by atoms with Gasteiger partial charge in [0.25, 0.3) is 0 Å². The molecule has 6 nitrogen and oxygen atoms in total. The molecule has 0 spiro atoms. The minimum absolute atomic E-state index is 0.0925. The van der Waals surface area contributed by atoms with Gasteiger partial charge in [-0.15, -0.1) is 11.3 Å². The van der Waals surface area contributed by atoms with Crippen molar-refractivity contribution in [3.8, 4) is 0 Å². The van der Waals surface area contributed by atoms with Crippen LogP contribution < -0.4 is 10.0 Å². The molecule has 1 aromatic carbocycles. The van der Waals surface area contributed by atoms with Crippen molar-refractivity contribution in [3.63, 3.8) is 0 Å². The van der Waals surface area contributed by atoms with Gasteiger partial charge in [-0.05, 0) is 31.0 Å². The average Bonchev–Trinajstić information content (AvgIpc) is 3.12. The lowest BCUT2D eigenvalue weighted by atomic mass is 9.81. The molecular formula is C17H15N2O4S2-. The Kier molecular flexibility index (Phi) is 4.24. The fourth-order valence-corrected chi connectivity index (χ4v) is 5.45. The highest BCUT2D eigenvalue weighted by Gasteiger charge is 2.48. The van der Waals surface area contributed by atoms with Crippen LogP contribution in [0.3, 0.4) is 0 Å². The number of rotatable bonds is 4. The standard InChI is InChI=1S/C17H16N2O4S2/c20-14(21)8-24-17-18-12-6-5-9(7-13(12)25-17)19-15(22)10-3-1-2-4-11(10)16(19)23/h5-7,10-11H,1-4,8H2,(H,20,21)/p-1/t10-,11-/m1/s1. The topological polar surface area (TPSA) is 90.4 Å². The zero-order chi connectivity index (χ0) is 17.6. The monoisotopic (exact) mass is 375 g/mol. The van der Waals surface area contributed by atoms with E-state index in [1.807, 2.05) is 0 Å². The first-order valence-corrected chi connectivity index (χ1v) is 9.96. The lowest BCUT2D eigenvalue weighted by Crippen LogP contribution is -2.30. The Bertz CT molecular complexity index is 855. The Morgan fingerprint density at radius 2 is 1.92 bits per heavy atom. The maximum Gasteiger partial charge on any atom is 0.237 e. The normalized spacial score (nSPS) is 23.3. The van der Waals surface area contributed by atoms with Crippen LogP contribution >= 0.6 is 23.1 Å². The van der Waals surface area contributed by atoms with E-state index in [4.69, 9.17) is 0 Å². The van der Waals surface area contributed by atoms with Crippen molar-refractivity contribution in [3.05, 3.63) is 18.2 Å². The van der Waals surface area contributed by atoms with Crippen molar-refractivity contribution in [2.24, 2.45) is 11.8 Å². The number of hydrogen-bond donors (Lipinski definition) is 0. The molecule has 1 aliphatic heterocycles. The molecule has 0 N–H and O–H groups in total. The van der Waals surface area contributed by atoms with Crippen LogP contribution in [0.25, 0.3) is 10.2 Å². The average molecular weight is 375 g/mol. The van der Waals surface area contributed by atoms with Gasteiger partial charge in [0.15, 0.2) is 4.34 Å². The second-order valence-electron chi connectivity index (χ2n) is 6.30. The van der Waals surface area contributed by atoms with Crippen LogP contribution in [-0.2, 0) is 14.4 Å². The number of fused-ring (bicyclic) bond motifs is 2. The van der Waals surface area contributed by atoms with E-state index in [0.29, 0.717) is 10.0 Å². The summed E-state index contributed by atoms with van der Waals surface area (Å²) in [7, 11) is 0. The number of aromatic nitrogens is 1. The molecule has 2 aliphatic rings. The zero-order valence-electron chi connectivity index (χ0n) is 13.3. The summed E-state index contributed by atoms with van der Waals surface area (Å²) in [5, 5.41) is 10.6. The Labute approximate surface area is 152 Å². The van der Waals surface area contributed by atoms with Crippen molar-refractivity contribution < 1.29 is 19.5 Å². The minimum atomic E-state index is -1.14. The summed E-state index contributed by atoms with van der Waals surface area (Å²) in [5.74, 6) is -1.82. The smallest absolute Gasteiger partial charge is 0.237 e. The highest BCUT2D eigenvalue weighted by molar-refractivity contribution is 8.01. The van der Waals surface area contributed by atoms with Crippen LogP contribution in [0.15, 0.2) is 22.5 Å². The van der Waals surface area contributed by atoms with Gasteiger partial charge in [0.2, 0.25) is 11.8 Å². The molecule has 0 radical (unpaired) electrons. The lowest BCUT2D eigenvalue weighted by molar-refractivity contribution is -0.301. The van der Waals surface area contributed by atoms with E-state index in [-0.39, 0.29) is 29.4 Å². The Morgan fingerprint density at radius 1 is 1.24 bits per heavy atom. The second-order valence-corrected chi connectivity index (χ2v) is 8.55. The van der Waals surface area contributed by atoms with Gasteiger partial charge in [-0.25, -0.2) is 4.98 Å². The molecule has 8 heteroatoms. The molecule has 25 heavy (non-hydrogen) atoms. The summed E-state index contributed by atoms with van der Waals surface area (Å²) in [6.45, 7) is 0. The van der Waals surface area contributed by atoms with Crippen molar-refractivity contribution in [2.75, 3.05) is 10.7 Å². The van der Waals surface area contributed by atoms with Crippen LogP contribution in [-0.4, -0.2) is 28.5 Å². The van der Waals surface area contributed by atoms with E-state index in [1.54, 1.807) is 18.2 Å². The van der Waals surface area contributed by atoms with E-state index in [2.05, 4.69) is 4.98 Å². The third-order valence-electron chi connectivity index (χ3n) is 4.77. The van der Waals surface area contributed by atoms with Gasteiger partial charge in [0.05, 0.1) is 33.7 Å². The summed E-state index contributed by atoms with van der Waals surface area (Å²) in [4.78, 5) is 41.6. The third kappa shape index (κ3) is 2.93. The number of carbonyl (C=O) groups is 3. The molecule has 2 aromatic rings. The van der Waals surface area contributed by atoms with Crippen LogP contribution in [0.2, 0.25) is 0 Å². The van der Waals surface area contributed by atoms with E-state index >= 15 is 0 Å². The second kappa shape index (κ2) is 6.42. The van der Waals surface area contributed by atoms with Crippen molar-refractivity contribution in [1.29, 1.82) is 0 Å². The maximum atomic E-state index is 12.7. The predicted molar refractivity (Wildman–Crippen MR) is 93.3 cm³/mol. The molecule has 2 heterocycles. The molecular weight excluding hydrogens is 360 g/mol. The van der Waals surface area contributed by atoms with E-state index in [9.17, 15) is 19.5 Å². The fraction of sp³-hybridized carbons (Fsp3) is 0.412. The number of carbonyl (C=O) groups excluding carboxylic acids is 3. The summed E-state index contributed by atoms with van der Waals surface area (Å²) >= 11 is 2.46. The third-order valence-corrected chi connectivity index (χ3v) is 6.90. The highest BCUT2D eigenvalue weighted by atomic mass is 32.2. The van der Waals surface area contributed by atoms with E-state index in [1.165, 1.54) is 16.2 Å². The van der Waals surface area contributed by atoms with E-state index in [0.717, 1.165) is 47.7 Å². The number of benzene rings is 1. The van der Waals surface area contributed by atoms with Gasteiger partial charge in [0, 0.05) is 5.75 Å². The Balaban J connectivity index is 1.64. The van der Waals surface area contributed by atoms with Gasteiger partial charge in [-0.3, -0.25) is 14.5 Å². The first-order valence-electron chi connectivity index (χ1n) is 8.15. The van der Waals surface area contributed by atoms with Crippen LogP contribution in [0.1, 0.15) is 25.7 Å². The maximum absolute atomic E-state index is 12.7. The fourth-order valence-electron chi connectivity index (χ4n) is 3.63. The molecule has 4 rings (SSSR count). The van der Waals surface area contributed by atoms with Gasteiger partial charge in [-0.1, -0.05) is 24.6 Å².